The first-order valence-corrected chi connectivity index (χ1v) is 5.22. The second-order valence-electron chi connectivity index (χ2n) is 4.02. The standard InChI is InChI=1S/C13H12F3N/c1-8-7-17-12(9(8)2)10-5-3-4-6-11(10)13(14,15)16/h3-7,17H,1-2H3. The Morgan fingerprint density at radius 3 is 2.24 bits per heavy atom. The first-order chi connectivity index (χ1) is 7.91. The van der Waals surface area contributed by atoms with Crippen molar-refractivity contribution in [1.29, 1.82) is 0 Å². The first-order valence-electron chi connectivity index (χ1n) is 5.22. The van der Waals surface area contributed by atoms with Gasteiger partial charge in [-0.2, -0.15) is 13.2 Å². The molecule has 0 amide bonds. The Balaban J connectivity index is 2.64. The van der Waals surface area contributed by atoms with Crippen LogP contribution in [0, 0.1) is 13.8 Å². The average molecular weight is 239 g/mol. The molecule has 4 heteroatoms. The Kier molecular flexibility index (Phi) is 2.73. The highest BCUT2D eigenvalue weighted by atomic mass is 19.4. The molecule has 1 nitrogen and oxygen atoms in total. The van der Waals surface area contributed by atoms with E-state index in [0.29, 0.717) is 5.69 Å². The van der Waals surface area contributed by atoms with Crippen molar-refractivity contribution in [3.05, 3.63) is 47.2 Å². The van der Waals surface area contributed by atoms with E-state index in [1.165, 1.54) is 12.1 Å². The molecule has 0 fully saturated rings. The molecule has 0 aliphatic rings. The molecule has 2 rings (SSSR count). The molecular weight excluding hydrogens is 227 g/mol. The number of H-pyrrole nitrogens is 1. The van der Waals surface area contributed by atoms with Crippen molar-refractivity contribution < 1.29 is 13.2 Å². The van der Waals surface area contributed by atoms with Crippen molar-refractivity contribution >= 4 is 0 Å². The number of aromatic nitrogens is 1. The molecular formula is C13H12F3N. The van der Waals surface area contributed by atoms with Crippen LogP contribution in [0.1, 0.15) is 16.7 Å². The van der Waals surface area contributed by atoms with Gasteiger partial charge in [-0.3, -0.25) is 0 Å². The third kappa shape index (κ3) is 2.07. The van der Waals surface area contributed by atoms with Crippen LogP contribution < -0.4 is 0 Å². The molecule has 0 saturated carbocycles. The van der Waals surface area contributed by atoms with Gasteiger partial charge in [-0.25, -0.2) is 0 Å². The molecule has 1 N–H and O–H groups in total. The number of nitrogens with one attached hydrogen (secondary N) is 1. The van der Waals surface area contributed by atoms with Crippen LogP contribution in [0.25, 0.3) is 11.3 Å². The van der Waals surface area contributed by atoms with Crippen LogP contribution >= 0.6 is 0 Å². The fourth-order valence-electron chi connectivity index (χ4n) is 1.82. The minimum Gasteiger partial charge on any atom is -0.361 e. The van der Waals surface area contributed by atoms with Gasteiger partial charge in [0.15, 0.2) is 0 Å². The van der Waals surface area contributed by atoms with Gasteiger partial charge >= 0.3 is 6.18 Å². The summed E-state index contributed by atoms with van der Waals surface area (Å²) in [4.78, 5) is 2.90. The van der Waals surface area contributed by atoms with E-state index >= 15 is 0 Å². The largest absolute Gasteiger partial charge is 0.417 e. The molecule has 0 spiro atoms. The highest BCUT2D eigenvalue weighted by Gasteiger charge is 2.33. The Morgan fingerprint density at radius 2 is 1.71 bits per heavy atom. The lowest BCUT2D eigenvalue weighted by Gasteiger charge is -2.12. The highest BCUT2D eigenvalue weighted by molar-refractivity contribution is 5.69. The molecule has 0 bridgehead atoms. The molecule has 1 aromatic heterocycles. The van der Waals surface area contributed by atoms with Crippen LogP contribution in [0.3, 0.4) is 0 Å². The number of aryl methyl sites for hydroxylation is 1. The minimum absolute atomic E-state index is 0.200. The molecule has 1 aromatic carbocycles. The van der Waals surface area contributed by atoms with E-state index in [2.05, 4.69) is 4.98 Å². The van der Waals surface area contributed by atoms with Gasteiger partial charge in [-0.05, 0) is 31.0 Å². The predicted octanol–water partition coefficient (Wildman–Crippen LogP) is 4.32. The molecule has 0 saturated heterocycles. The third-order valence-corrected chi connectivity index (χ3v) is 2.90. The van der Waals surface area contributed by atoms with Crippen molar-refractivity contribution in [2.45, 2.75) is 20.0 Å². The Bertz CT molecular complexity index is 538. The second kappa shape index (κ2) is 3.95. The van der Waals surface area contributed by atoms with Crippen molar-refractivity contribution in [2.75, 3.05) is 0 Å². The summed E-state index contributed by atoms with van der Waals surface area (Å²) in [7, 11) is 0. The minimum atomic E-state index is -4.33. The lowest BCUT2D eigenvalue weighted by atomic mass is 10.0. The van der Waals surface area contributed by atoms with Gasteiger partial charge in [0, 0.05) is 17.5 Å². The van der Waals surface area contributed by atoms with E-state index in [9.17, 15) is 13.2 Å². The van der Waals surface area contributed by atoms with Crippen LogP contribution in [0.15, 0.2) is 30.5 Å². The van der Waals surface area contributed by atoms with Crippen molar-refractivity contribution in [3.63, 3.8) is 0 Å². The molecule has 17 heavy (non-hydrogen) atoms. The molecule has 0 aliphatic heterocycles. The lowest BCUT2D eigenvalue weighted by molar-refractivity contribution is -0.137. The predicted molar refractivity (Wildman–Crippen MR) is 60.7 cm³/mol. The van der Waals surface area contributed by atoms with E-state index in [0.717, 1.165) is 17.2 Å². The van der Waals surface area contributed by atoms with E-state index < -0.39 is 11.7 Å². The maximum Gasteiger partial charge on any atom is 0.417 e. The zero-order valence-corrected chi connectivity index (χ0v) is 9.52. The number of hydrogen-bond donors (Lipinski definition) is 1. The highest BCUT2D eigenvalue weighted by Crippen LogP contribution is 2.37. The monoisotopic (exact) mass is 239 g/mol. The summed E-state index contributed by atoms with van der Waals surface area (Å²) in [5.41, 5.74) is 1.93. The quantitative estimate of drug-likeness (QED) is 0.762. The Labute approximate surface area is 97.3 Å². The summed E-state index contributed by atoms with van der Waals surface area (Å²) in [6, 6.07) is 5.60. The maximum atomic E-state index is 12.9. The Hall–Kier alpha value is -1.71. The normalized spacial score (nSPS) is 11.8. The fourth-order valence-corrected chi connectivity index (χ4v) is 1.82. The summed E-state index contributed by atoms with van der Waals surface area (Å²) in [5, 5.41) is 0. The molecule has 0 aliphatic carbocycles. The van der Waals surface area contributed by atoms with Gasteiger partial charge in [0.1, 0.15) is 0 Å². The number of alkyl halides is 3. The van der Waals surface area contributed by atoms with Crippen molar-refractivity contribution in [2.24, 2.45) is 0 Å². The van der Waals surface area contributed by atoms with Gasteiger partial charge < -0.3 is 4.98 Å². The molecule has 2 aromatic rings. The number of hydrogen-bond acceptors (Lipinski definition) is 0. The molecule has 0 radical (unpaired) electrons. The fraction of sp³-hybridized carbons (Fsp3) is 0.231. The molecule has 0 unspecified atom stereocenters. The summed E-state index contributed by atoms with van der Waals surface area (Å²) in [6.45, 7) is 3.68. The number of benzene rings is 1. The number of aromatic amines is 1. The topological polar surface area (TPSA) is 15.8 Å². The first kappa shape index (κ1) is 11.8. The number of rotatable bonds is 1. The van der Waals surface area contributed by atoms with Crippen molar-refractivity contribution in [1.82, 2.24) is 4.98 Å². The zero-order chi connectivity index (χ0) is 12.6. The average Bonchev–Trinajstić information content (AvgIpc) is 2.59. The van der Waals surface area contributed by atoms with E-state index in [4.69, 9.17) is 0 Å². The van der Waals surface area contributed by atoms with Gasteiger partial charge in [0.25, 0.3) is 0 Å². The molecule has 0 atom stereocenters. The van der Waals surface area contributed by atoms with Crippen LogP contribution in [0.4, 0.5) is 13.2 Å². The van der Waals surface area contributed by atoms with Crippen LogP contribution in [0.5, 0.6) is 0 Å². The zero-order valence-electron chi connectivity index (χ0n) is 9.52. The molecule has 1 heterocycles. The summed E-state index contributed by atoms with van der Waals surface area (Å²) in [6.07, 6.45) is -2.61. The van der Waals surface area contributed by atoms with Crippen LogP contribution in [0.2, 0.25) is 0 Å². The lowest BCUT2D eigenvalue weighted by Crippen LogP contribution is -2.07. The van der Waals surface area contributed by atoms with Crippen LogP contribution in [-0.2, 0) is 6.18 Å². The van der Waals surface area contributed by atoms with Gasteiger partial charge in [-0.15, -0.1) is 0 Å². The number of halogens is 3. The van der Waals surface area contributed by atoms with E-state index in [1.54, 1.807) is 12.3 Å². The van der Waals surface area contributed by atoms with Crippen molar-refractivity contribution in [3.8, 4) is 11.3 Å². The molecule has 90 valence electrons. The van der Waals surface area contributed by atoms with E-state index in [1.807, 2.05) is 13.8 Å². The third-order valence-electron chi connectivity index (χ3n) is 2.90. The smallest absolute Gasteiger partial charge is 0.361 e. The van der Waals surface area contributed by atoms with Gasteiger partial charge in [-0.1, -0.05) is 18.2 Å². The summed E-state index contributed by atoms with van der Waals surface area (Å²) >= 11 is 0. The van der Waals surface area contributed by atoms with Crippen LogP contribution in [-0.4, -0.2) is 4.98 Å². The Morgan fingerprint density at radius 1 is 1.06 bits per heavy atom. The SMILES string of the molecule is Cc1c[nH]c(-c2ccccc2C(F)(F)F)c1C. The van der Waals surface area contributed by atoms with E-state index in [-0.39, 0.29) is 5.56 Å². The second-order valence-corrected chi connectivity index (χ2v) is 4.02. The van der Waals surface area contributed by atoms with Gasteiger partial charge in [0.2, 0.25) is 0 Å². The van der Waals surface area contributed by atoms with Gasteiger partial charge in [0.05, 0.1) is 5.56 Å². The maximum absolute atomic E-state index is 12.9. The summed E-state index contributed by atoms with van der Waals surface area (Å²) in [5.74, 6) is 0. The summed E-state index contributed by atoms with van der Waals surface area (Å²) < 4.78 is 38.6.